The minimum absolute atomic E-state index is 0.0364. The van der Waals surface area contributed by atoms with Crippen molar-refractivity contribution >= 4 is 5.96 Å². The van der Waals surface area contributed by atoms with Gasteiger partial charge in [-0.15, -0.1) is 0 Å². The first kappa shape index (κ1) is 21.9. The molecule has 0 amide bonds. The Morgan fingerprint density at radius 3 is 2.76 bits per heavy atom. The zero-order chi connectivity index (χ0) is 20.9. The summed E-state index contributed by atoms with van der Waals surface area (Å²) in [4.78, 5) is 16.8. The Balaban J connectivity index is 1.48. The van der Waals surface area contributed by atoms with Gasteiger partial charge in [0.25, 0.3) is 0 Å². The third-order valence-corrected chi connectivity index (χ3v) is 6.87. The summed E-state index contributed by atoms with van der Waals surface area (Å²) in [6.07, 6.45) is 7.48. The number of rotatable bonds is 9. The Morgan fingerprint density at radius 2 is 2.10 bits per heavy atom. The standard InChI is InChI=1S/C21H38N6O2/c1-5-21(6-2)16(15-17(21)29-7-3)24-19(22-4)23-12-10-14-27-20(28)26-13-9-8-11-18(26)25-27/h16-17H,5-15H2,1-4H3,(H2,22,23,24). The zero-order valence-electron chi connectivity index (χ0n) is 18.5. The first-order valence-electron chi connectivity index (χ1n) is 11.3. The number of guanidine groups is 1. The molecule has 1 aliphatic carbocycles. The smallest absolute Gasteiger partial charge is 0.345 e. The summed E-state index contributed by atoms with van der Waals surface area (Å²) in [7, 11) is 1.81. The van der Waals surface area contributed by atoms with E-state index in [9.17, 15) is 4.79 Å². The minimum Gasteiger partial charge on any atom is -0.378 e. The Labute approximate surface area is 174 Å². The highest BCUT2D eigenvalue weighted by molar-refractivity contribution is 5.80. The van der Waals surface area contributed by atoms with Crippen LogP contribution in [0, 0.1) is 5.41 Å². The van der Waals surface area contributed by atoms with E-state index in [0.717, 1.165) is 76.4 Å². The van der Waals surface area contributed by atoms with Crippen molar-refractivity contribution in [1.82, 2.24) is 25.0 Å². The van der Waals surface area contributed by atoms with Gasteiger partial charge < -0.3 is 15.4 Å². The second kappa shape index (κ2) is 9.78. The van der Waals surface area contributed by atoms with Gasteiger partial charge in [-0.1, -0.05) is 13.8 Å². The predicted molar refractivity (Wildman–Crippen MR) is 115 cm³/mol. The molecule has 1 fully saturated rings. The van der Waals surface area contributed by atoms with Gasteiger partial charge in [0.1, 0.15) is 5.82 Å². The normalized spacial score (nSPS) is 23.4. The van der Waals surface area contributed by atoms with E-state index in [1.807, 2.05) is 11.6 Å². The first-order chi connectivity index (χ1) is 14.1. The Bertz CT molecular complexity index is 749. The van der Waals surface area contributed by atoms with Crippen LogP contribution in [0.1, 0.15) is 65.1 Å². The second-order valence-corrected chi connectivity index (χ2v) is 8.20. The van der Waals surface area contributed by atoms with E-state index >= 15 is 0 Å². The molecule has 2 heterocycles. The van der Waals surface area contributed by atoms with E-state index in [1.165, 1.54) is 0 Å². The van der Waals surface area contributed by atoms with Crippen LogP contribution in [-0.2, 0) is 24.2 Å². The fraction of sp³-hybridized carbons (Fsp3) is 0.857. The number of hydrogen-bond donors (Lipinski definition) is 2. The van der Waals surface area contributed by atoms with Crippen molar-refractivity contribution < 1.29 is 4.74 Å². The van der Waals surface area contributed by atoms with Crippen LogP contribution in [0.3, 0.4) is 0 Å². The van der Waals surface area contributed by atoms with Gasteiger partial charge >= 0.3 is 5.69 Å². The third-order valence-electron chi connectivity index (χ3n) is 6.87. The SMILES string of the molecule is CCOC1CC(NC(=NC)NCCCn2nc3n(c2=O)CCCC3)C1(CC)CC. The summed E-state index contributed by atoms with van der Waals surface area (Å²) in [6.45, 7) is 9.53. The van der Waals surface area contributed by atoms with Crippen LogP contribution in [0.2, 0.25) is 0 Å². The summed E-state index contributed by atoms with van der Waals surface area (Å²) < 4.78 is 9.43. The van der Waals surface area contributed by atoms with Gasteiger partial charge in [-0.25, -0.2) is 9.48 Å². The Kier molecular flexibility index (Phi) is 7.38. The van der Waals surface area contributed by atoms with E-state index in [-0.39, 0.29) is 11.1 Å². The lowest BCUT2D eigenvalue weighted by molar-refractivity contribution is -0.133. The van der Waals surface area contributed by atoms with E-state index in [4.69, 9.17) is 4.74 Å². The second-order valence-electron chi connectivity index (χ2n) is 8.20. The Hall–Kier alpha value is -1.83. The summed E-state index contributed by atoms with van der Waals surface area (Å²) in [5.74, 6) is 1.77. The molecule has 2 atom stereocenters. The molecule has 1 aromatic heterocycles. The van der Waals surface area contributed by atoms with Gasteiger partial charge in [0, 0.05) is 51.2 Å². The van der Waals surface area contributed by atoms with Crippen molar-refractivity contribution in [3.63, 3.8) is 0 Å². The van der Waals surface area contributed by atoms with Crippen molar-refractivity contribution in [2.75, 3.05) is 20.2 Å². The van der Waals surface area contributed by atoms with Crippen molar-refractivity contribution in [2.45, 2.75) is 91.0 Å². The highest BCUT2D eigenvalue weighted by Crippen LogP contribution is 2.48. The largest absolute Gasteiger partial charge is 0.378 e. The molecule has 0 spiro atoms. The third kappa shape index (κ3) is 4.37. The van der Waals surface area contributed by atoms with Crippen LogP contribution in [0.15, 0.2) is 9.79 Å². The van der Waals surface area contributed by atoms with E-state index in [1.54, 1.807) is 4.68 Å². The van der Waals surface area contributed by atoms with Crippen LogP contribution in [-0.4, -0.2) is 52.7 Å². The van der Waals surface area contributed by atoms with Crippen LogP contribution < -0.4 is 16.3 Å². The van der Waals surface area contributed by atoms with Gasteiger partial charge in [-0.2, -0.15) is 5.10 Å². The summed E-state index contributed by atoms with van der Waals surface area (Å²) in [5, 5.41) is 11.5. The molecule has 1 saturated carbocycles. The number of nitrogens with one attached hydrogen (secondary N) is 2. The lowest BCUT2D eigenvalue weighted by atomic mass is 9.58. The average Bonchev–Trinajstić information content (AvgIpc) is 3.05. The van der Waals surface area contributed by atoms with Crippen molar-refractivity contribution in [3.05, 3.63) is 16.3 Å². The topological polar surface area (TPSA) is 85.5 Å². The molecule has 0 saturated heterocycles. The number of fused-ring (bicyclic) bond motifs is 1. The van der Waals surface area contributed by atoms with E-state index in [2.05, 4.69) is 41.5 Å². The zero-order valence-corrected chi connectivity index (χ0v) is 18.5. The highest BCUT2D eigenvalue weighted by atomic mass is 16.5. The fourth-order valence-corrected chi connectivity index (χ4v) is 4.97. The van der Waals surface area contributed by atoms with Gasteiger partial charge in [-0.3, -0.25) is 9.56 Å². The van der Waals surface area contributed by atoms with Crippen molar-refractivity contribution in [1.29, 1.82) is 0 Å². The summed E-state index contributed by atoms with van der Waals surface area (Å²) in [6, 6.07) is 0.378. The number of hydrogen-bond acceptors (Lipinski definition) is 4. The molecule has 0 aromatic carbocycles. The highest BCUT2D eigenvalue weighted by Gasteiger charge is 2.53. The van der Waals surface area contributed by atoms with Gasteiger partial charge in [0.05, 0.1) is 6.10 Å². The summed E-state index contributed by atoms with van der Waals surface area (Å²) >= 11 is 0. The quantitative estimate of drug-likeness (QED) is 0.372. The van der Waals surface area contributed by atoms with Crippen molar-refractivity contribution in [3.8, 4) is 0 Å². The van der Waals surface area contributed by atoms with E-state index in [0.29, 0.717) is 18.7 Å². The molecule has 0 radical (unpaired) electrons. The molecule has 2 unspecified atom stereocenters. The number of ether oxygens (including phenoxy) is 1. The molecule has 1 aromatic rings. The van der Waals surface area contributed by atoms with Gasteiger partial charge in [-0.05, 0) is 45.4 Å². The summed E-state index contributed by atoms with van der Waals surface area (Å²) in [5.41, 5.74) is 0.213. The maximum Gasteiger partial charge on any atom is 0.345 e. The average molecular weight is 407 g/mol. The number of aryl methyl sites for hydroxylation is 2. The molecule has 164 valence electrons. The minimum atomic E-state index is 0.0364. The number of aromatic nitrogens is 3. The molecular weight excluding hydrogens is 368 g/mol. The molecule has 29 heavy (non-hydrogen) atoms. The van der Waals surface area contributed by atoms with Crippen LogP contribution >= 0.6 is 0 Å². The van der Waals surface area contributed by atoms with Crippen LogP contribution in [0.25, 0.3) is 0 Å². The molecule has 2 N–H and O–H groups in total. The molecule has 8 nitrogen and oxygen atoms in total. The maximum absolute atomic E-state index is 12.4. The maximum atomic E-state index is 12.4. The molecule has 1 aliphatic heterocycles. The number of aliphatic imine (C=N–C) groups is 1. The van der Waals surface area contributed by atoms with Gasteiger partial charge in [0.15, 0.2) is 5.96 Å². The fourth-order valence-electron chi connectivity index (χ4n) is 4.97. The first-order valence-corrected chi connectivity index (χ1v) is 11.3. The molecule has 8 heteroatoms. The molecule has 3 rings (SSSR count). The van der Waals surface area contributed by atoms with Crippen molar-refractivity contribution in [2.24, 2.45) is 10.4 Å². The lowest BCUT2D eigenvalue weighted by Crippen LogP contribution is -2.65. The van der Waals surface area contributed by atoms with Crippen LogP contribution in [0.5, 0.6) is 0 Å². The van der Waals surface area contributed by atoms with Gasteiger partial charge in [0.2, 0.25) is 0 Å². The monoisotopic (exact) mass is 406 g/mol. The molecule has 2 aliphatic rings. The lowest BCUT2D eigenvalue weighted by Gasteiger charge is -2.55. The Morgan fingerprint density at radius 1 is 1.31 bits per heavy atom. The molecule has 0 bridgehead atoms. The molecular formula is C21H38N6O2. The van der Waals surface area contributed by atoms with E-state index < -0.39 is 0 Å². The van der Waals surface area contributed by atoms with Crippen LogP contribution in [0.4, 0.5) is 0 Å². The number of nitrogens with zero attached hydrogens (tertiary/aromatic N) is 4. The predicted octanol–water partition coefficient (Wildman–Crippen LogP) is 1.92.